The van der Waals surface area contributed by atoms with Crippen molar-refractivity contribution < 1.29 is 44.3 Å². The summed E-state index contributed by atoms with van der Waals surface area (Å²) >= 11 is 0. The molecule has 14 heteroatoms. The molecule has 2 N–H and O–H groups in total. The van der Waals surface area contributed by atoms with Crippen LogP contribution >= 0.6 is 0 Å². The van der Waals surface area contributed by atoms with E-state index < -0.39 is 63.9 Å². The highest BCUT2D eigenvalue weighted by Crippen LogP contribution is 2.35. The van der Waals surface area contributed by atoms with E-state index in [1.54, 1.807) is 10.9 Å². The molecule has 3 aromatic rings. The molecule has 3 rings (SSSR count). The number of aromatic nitrogens is 2. The first-order valence-corrected chi connectivity index (χ1v) is 8.33. The SMILES string of the molecule is O=C(NNc1ccc(F)c(F)c1F)c1cnn(-c2cccc(C(F)(F)F)c2)c1C(F)(F)F. The molecule has 170 valence electrons. The summed E-state index contributed by atoms with van der Waals surface area (Å²) in [5, 5.41) is 3.35. The molecule has 1 amide bonds. The fraction of sp³-hybridized carbons (Fsp3) is 0.111. The maximum Gasteiger partial charge on any atom is 0.434 e. The van der Waals surface area contributed by atoms with Gasteiger partial charge in [-0.1, -0.05) is 6.07 Å². The van der Waals surface area contributed by atoms with Crippen molar-refractivity contribution in [3.63, 3.8) is 0 Å². The van der Waals surface area contributed by atoms with Gasteiger partial charge in [-0.05, 0) is 30.3 Å². The van der Waals surface area contributed by atoms with Gasteiger partial charge in [0.15, 0.2) is 23.1 Å². The number of carbonyl (C=O) groups is 1. The van der Waals surface area contributed by atoms with Crippen molar-refractivity contribution >= 4 is 11.6 Å². The van der Waals surface area contributed by atoms with Crippen LogP contribution in [0.3, 0.4) is 0 Å². The van der Waals surface area contributed by atoms with Gasteiger partial charge in [-0.2, -0.15) is 31.4 Å². The first-order chi connectivity index (χ1) is 14.8. The van der Waals surface area contributed by atoms with Crippen molar-refractivity contribution in [1.82, 2.24) is 15.2 Å². The number of carbonyl (C=O) groups excluding carboxylic acids is 1. The van der Waals surface area contributed by atoms with Gasteiger partial charge in [-0.15, -0.1) is 0 Å². The van der Waals surface area contributed by atoms with Crippen molar-refractivity contribution in [2.45, 2.75) is 12.4 Å². The zero-order valence-electron chi connectivity index (χ0n) is 15.2. The van der Waals surface area contributed by atoms with Crippen LogP contribution in [0.15, 0.2) is 42.6 Å². The van der Waals surface area contributed by atoms with Crippen LogP contribution in [0.25, 0.3) is 5.69 Å². The smallest absolute Gasteiger partial charge is 0.295 e. The molecule has 0 unspecified atom stereocenters. The summed E-state index contributed by atoms with van der Waals surface area (Å²) in [7, 11) is 0. The highest BCUT2D eigenvalue weighted by Gasteiger charge is 2.41. The minimum atomic E-state index is -5.25. The van der Waals surface area contributed by atoms with E-state index in [9.17, 15) is 44.3 Å². The highest BCUT2D eigenvalue weighted by molar-refractivity contribution is 5.96. The average molecular weight is 468 g/mol. The molecule has 1 heterocycles. The van der Waals surface area contributed by atoms with Gasteiger partial charge in [0.2, 0.25) is 0 Å². The number of hydrogen-bond donors (Lipinski definition) is 2. The van der Waals surface area contributed by atoms with Crippen LogP contribution in [-0.2, 0) is 12.4 Å². The van der Waals surface area contributed by atoms with E-state index in [2.05, 4.69) is 5.10 Å². The number of amides is 1. The number of nitrogens with zero attached hydrogens (tertiary/aromatic N) is 2. The van der Waals surface area contributed by atoms with Crippen LogP contribution < -0.4 is 10.9 Å². The standard InChI is InChI=1S/C18H9F9N4O/c19-11-4-5-12(14(21)13(11)20)29-30-16(32)10-7-28-31(15(10)18(25,26)27)9-3-1-2-8(6-9)17(22,23)24/h1-7,29H,(H,30,32). The Morgan fingerprint density at radius 1 is 0.906 bits per heavy atom. The molecular weight excluding hydrogens is 459 g/mol. The summed E-state index contributed by atoms with van der Waals surface area (Å²) in [6.45, 7) is 0. The van der Waals surface area contributed by atoms with Gasteiger partial charge in [-0.3, -0.25) is 15.6 Å². The third kappa shape index (κ3) is 4.48. The van der Waals surface area contributed by atoms with Crippen LogP contribution in [-0.4, -0.2) is 15.7 Å². The molecule has 0 spiro atoms. The molecule has 1 aromatic heterocycles. The second kappa shape index (κ2) is 8.09. The van der Waals surface area contributed by atoms with Crippen molar-refractivity contribution in [3.8, 4) is 5.69 Å². The fourth-order valence-corrected chi connectivity index (χ4v) is 2.61. The lowest BCUT2D eigenvalue weighted by atomic mass is 10.1. The Balaban J connectivity index is 1.96. The molecular formula is C18H9F9N4O. The molecule has 0 radical (unpaired) electrons. The predicted octanol–water partition coefficient (Wildman–Crippen LogP) is 5.08. The number of anilines is 1. The number of hydrogen-bond acceptors (Lipinski definition) is 3. The largest absolute Gasteiger partial charge is 0.434 e. The molecule has 2 aromatic carbocycles. The lowest BCUT2D eigenvalue weighted by molar-refractivity contribution is -0.143. The van der Waals surface area contributed by atoms with Gasteiger partial charge < -0.3 is 0 Å². The van der Waals surface area contributed by atoms with E-state index >= 15 is 0 Å². The van der Waals surface area contributed by atoms with Crippen LogP contribution in [0.2, 0.25) is 0 Å². The van der Waals surface area contributed by atoms with Crippen LogP contribution in [0, 0.1) is 17.5 Å². The highest BCUT2D eigenvalue weighted by atomic mass is 19.4. The van der Waals surface area contributed by atoms with E-state index in [1.165, 1.54) is 0 Å². The Morgan fingerprint density at radius 3 is 2.22 bits per heavy atom. The Kier molecular flexibility index (Phi) is 5.80. The molecule has 32 heavy (non-hydrogen) atoms. The van der Waals surface area contributed by atoms with Gasteiger partial charge in [0, 0.05) is 0 Å². The summed E-state index contributed by atoms with van der Waals surface area (Å²) in [5.74, 6) is -6.71. The lowest BCUT2D eigenvalue weighted by Gasteiger charge is -2.15. The maximum absolute atomic E-state index is 13.6. The van der Waals surface area contributed by atoms with Gasteiger partial charge in [0.05, 0.1) is 28.7 Å². The Hall–Kier alpha value is -3.71. The van der Waals surface area contributed by atoms with Crippen LogP contribution in [0.4, 0.5) is 45.2 Å². The minimum absolute atomic E-state index is 0.0856. The van der Waals surface area contributed by atoms with Crippen LogP contribution in [0.5, 0.6) is 0 Å². The zero-order valence-corrected chi connectivity index (χ0v) is 15.2. The van der Waals surface area contributed by atoms with Crippen LogP contribution in [0.1, 0.15) is 21.6 Å². The maximum atomic E-state index is 13.6. The molecule has 5 nitrogen and oxygen atoms in total. The molecule has 0 fully saturated rings. The van der Waals surface area contributed by atoms with E-state index in [0.29, 0.717) is 30.5 Å². The van der Waals surface area contributed by atoms with E-state index in [1.807, 2.05) is 0 Å². The summed E-state index contributed by atoms with van der Waals surface area (Å²) in [4.78, 5) is 12.2. The predicted molar refractivity (Wildman–Crippen MR) is 91.0 cm³/mol. The summed E-state index contributed by atoms with van der Waals surface area (Å²) in [5.41, 5.74) is -2.07. The monoisotopic (exact) mass is 468 g/mol. The van der Waals surface area contributed by atoms with Crippen molar-refractivity contribution in [2.24, 2.45) is 0 Å². The zero-order chi connectivity index (χ0) is 23.8. The van der Waals surface area contributed by atoms with Gasteiger partial charge >= 0.3 is 12.4 Å². The Labute approximate surface area is 172 Å². The third-order valence-corrected chi connectivity index (χ3v) is 4.05. The molecule has 0 bridgehead atoms. The molecule has 0 saturated carbocycles. The van der Waals surface area contributed by atoms with Gasteiger partial charge in [0.25, 0.3) is 5.91 Å². The van der Waals surface area contributed by atoms with E-state index in [0.717, 1.165) is 12.1 Å². The third-order valence-electron chi connectivity index (χ3n) is 4.05. The number of benzene rings is 2. The molecule has 0 saturated heterocycles. The van der Waals surface area contributed by atoms with Crippen molar-refractivity contribution in [3.05, 3.63) is 76.9 Å². The number of hydrazine groups is 1. The van der Waals surface area contributed by atoms with E-state index in [4.69, 9.17) is 0 Å². The second-order valence-corrected chi connectivity index (χ2v) is 6.17. The first-order valence-electron chi connectivity index (χ1n) is 8.33. The quantitative estimate of drug-likeness (QED) is 0.319. The molecule has 0 atom stereocenters. The molecule has 0 aliphatic heterocycles. The Morgan fingerprint density at radius 2 is 1.59 bits per heavy atom. The second-order valence-electron chi connectivity index (χ2n) is 6.17. The average Bonchev–Trinajstić information content (AvgIpc) is 3.17. The number of alkyl halides is 6. The van der Waals surface area contributed by atoms with Crippen molar-refractivity contribution in [1.29, 1.82) is 0 Å². The van der Waals surface area contributed by atoms with Gasteiger partial charge in [-0.25, -0.2) is 17.9 Å². The normalized spacial score (nSPS) is 12.0. The molecule has 0 aliphatic rings. The fourth-order valence-electron chi connectivity index (χ4n) is 2.61. The van der Waals surface area contributed by atoms with Gasteiger partial charge in [0.1, 0.15) is 0 Å². The Bertz CT molecular complexity index is 1170. The molecule has 0 aliphatic carbocycles. The summed E-state index contributed by atoms with van der Waals surface area (Å²) in [6, 6.07) is 3.97. The topological polar surface area (TPSA) is 59.0 Å². The summed E-state index contributed by atoms with van der Waals surface area (Å²) < 4.78 is 119. The summed E-state index contributed by atoms with van der Waals surface area (Å²) in [6.07, 6.45) is -9.66. The lowest BCUT2D eigenvalue weighted by Crippen LogP contribution is -2.31. The van der Waals surface area contributed by atoms with Crippen molar-refractivity contribution in [2.75, 3.05) is 5.43 Å². The number of halogens is 9. The minimum Gasteiger partial charge on any atom is -0.295 e. The van der Waals surface area contributed by atoms with E-state index in [-0.39, 0.29) is 4.68 Å². The first kappa shape index (κ1) is 23.0. The number of nitrogens with one attached hydrogen (secondary N) is 2. The number of rotatable bonds is 4.